The van der Waals surface area contributed by atoms with E-state index < -0.39 is 0 Å². The van der Waals surface area contributed by atoms with E-state index >= 15 is 0 Å². The minimum atomic E-state index is 0.733. The monoisotopic (exact) mass is 209 g/mol. The van der Waals surface area contributed by atoms with E-state index in [1.54, 1.807) is 0 Å². The predicted molar refractivity (Wildman–Crippen MR) is 65.9 cm³/mol. The predicted octanol–water partition coefficient (Wildman–Crippen LogP) is 3.59. The topological polar surface area (TPSA) is 12.0 Å². The highest BCUT2D eigenvalue weighted by atomic mass is 14.9. The summed E-state index contributed by atoms with van der Waals surface area (Å²) in [7, 11) is 0. The van der Waals surface area contributed by atoms with Crippen LogP contribution >= 0.6 is 0 Å². The van der Waals surface area contributed by atoms with Crippen LogP contribution in [0.15, 0.2) is 0 Å². The van der Waals surface area contributed by atoms with Crippen LogP contribution in [0.1, 0.15) is 58.8 Å². The molecule has 1 aliphatic heterocycles. The molecule has 1 saturated heterocycles. The summed E-state index contributed by atoms with van der Waals surface area (Å²) in [5, 5.41) is 3.52. The smallest absolute Gasteiger partial charge is 0.00436 e. The minimum Gasteiger partial charge on any atom is -0.317 e. The van der Waals surface area contributed by atoms with E-state index in [-0.39, 0.29) is 0 Å². The van der Waals surface area contributed by atoms with Crippen molar-refractivity contribution in [3.8, 4) is 0 Å². The quantitative estimate of drug-likeness (QED) is 0.696. The van der Waals surface area contributed by atoms with Crippen LogP contribution < -0.4 is 5.32 Å². The van der Waals surface area contributed by atoms with Gasteiger partial charge in [-0.3, -0.25) is 0 Å². The number of hydrogen-bond donors (Lipinski definition) is 1. The van der Waals surface area contributed by atoms with E-state index in [4.69, 9.17) is 0 Å². The average Bonchev–Trinajstić information content (AvgIpc) is 2.43. The van der Waals surface area contributed by atoms with Crippen molar-refractivity contribution in [1.29, 1.82) is 0 Å². The third kappa shape index (κ3) is 2.75. The Morgan fingerprint density at radius 3 is 2.47 bits per heavy atom. The molecule has 1 nitrogen and oxygen atoms in total. The molecule has 0 aromatic carbocycles. The van der Waals surface area contributed by atoms with Gasteiger partial charge in [-0.05, 0) is 56.0 Å². The molecule has 1 aliphatic carbocycles. The van der Waals surface area contributed by atoms with Crippen LogP contribution in [-0.4, -0.2) is 13.1 Å². The first-order valence-corrected chi connectivity index (χ1v) is 6.93. The zero-order valence-corrected chi connectivity index (χ0v) is 10.5. The lowest BCUT2D eigenvalue weighted by molar-refractivity contribution is 0.133. The molecular formula is C14H27N. The van der Waals surface area contributed by atoms with Crippen molar-refractivity contribution in [1.82, 2.24) is 5.32 Å². The lowest BCUT2D eigenvalue weighted by Crippen LogP contribution is -2.37. The van der Waals surface area contributed by atoms with E-state index in [1.807, 2.05) is 0 Å². The summed E-state index contributed by atoms with van der Waals surface area (Å²) in [6.45, 7) is 7.38. The fourth-order valence-corrected chi connectivity index (χ4v) is 3.65. The van der Waals surface area contributed by atoms with Gasteiger partial charge in [-0.25, -0.2) is 0 Å². The van der Waals surface area contributed by atoms with Gasteiger partial charge in [0.1, 0.15) is 0 Å². The number of piperidine rings is 1. The average molecular weight is 209 g/mol. The van der Waals surface area contributed by atoms with Crippen molar-refractivity contribution >= 4 is 0 Å². The number of hydrogen-bond acceptors (Lipinski definition) is 1. The second-order valence-corrected chi connectivity index (χ2v) is 6.20. The van der Waals surface area contributed by atoms with E-state index in [1.165, 1.54) is 58.0 Å². The molecule has 0 aromatic heterocycles. The lowest BCUT2D eigenvalue weighted by atomic mass is 9.69. The zero-order valence-electron chi connectivity index (χ0n) is 10.5. The highest BCUT2D eigenvalue weighted by Gasteiger charge is 2.36. The van der Waals surface area contributed by atoms with Crippen LogP contribution in [0.2, 0.25) is 0 Å². The second-order valence-electron chi connectivity index (χ2n) is 6.20. The Labute approximate surface area is 95.0 Å². The molecule has 0 aromatic rings. The first kappa shape index (κ1) is 11.4. The molecule has 88 valence electrons. The van der Waals surface area contributed by atoms with Crippen molar-refractivity contribution in [3.63, 3.8) is 0 Å². The van der Waals surface area contributed by atoms with Crippen molar-refractivity contribution in [2.24, 2.45) is 17.3 Å². The van der Waals surface area contributed by atoms with Crippen LogP contribution in [0.25, 0.3) is 0 Å². The molecule has 1 N–H and O–H groups in total. The highest BCUT2D eigenvalue weighted by molar-refractivity contribution is 4.89. The van der Waals surface area contributed by atoms with Gasteiger partial charge >= 0.3 is 0 Å². The van der Waals surface area contributed by atoms with Gasteiger partial charge < -0.3 is 5.32 Å². The van der Waals surface area contributed by atoms with Crippen LogP contribution in [0.3, 0.4) is 0 Å². The number of nitrogens with one attached hydrogen (secondary N) is 1. The minimum absolute atomic E-state index is 0.733. The summed E-state index contributed by atoms with van der Waals surface area (Å²) >= 11 is 0. The third-order valence-electron chi connectivity index (χ3n) is 4.83. The lowest BCUT2D eigenvalue weighted by Gasteiger charge is -2.39. The van der Waals surface area contributed by atoms with Gasteiger partial charge in [0.25, 0.3) is 0 Å². The summed E-state index contributed by atoms with van der Waals surface area (Å²) in [4.78, 5) is 0. The molecule has 1 spiro atoms. The maximum Gasteiger partial charge on any atom is -0.00436 e. The Kier molecular flexibility index (Phi) is 3.71. The SMILES string of the molecule is CC(C)C1CCCCC2(CCNCC2)C1. The zero-order chi connectivity index (χ0) is 10.7. The van der Waals surface area contributed by atoms with Crippen LogP contribution in [0.4, 0.5) is 0 Å². The van der Waals surface area contributed by atoms with Gasteiger partial charge in [-0.1, -0.05) is 33.1 Å². The molecule has 2 rings (SSSR count). The molecular weight excluding hydrogens is 182 g/mol. The Bertz CT molecular complexity index is 192. The van der Waals surface area contributed by atoms with E-state index in [9.17, 15) is 0 Å². The maximum absolute atomic E-state index is 3.52. The first-order chi connectivity index (χ1) is 7.22. The molecule has 1 heterocycles. The normalized spacial score (nSPS) is 31.8. The summed E-state index contributed by atoms with van der Waals surface area (Å²) in [5.74, 6) is 1.90. The maximum atomic E-state index is 3.52. The summed E-state index contributed by atoms with van der Waals surface area (Å²) in [5.41, 5.74) is 0.733. The molecule has 1 heteroatoms. The molecule has 2 aliphatic rings. The first-order valence-electron chi connectivity index (χ1n) is 6.93. The fourth-order valence-electron chi connectivity index (χ4n) is 3.65. The summed E-state index contributed by atoms with van der Waals surface area (Å²) < 4.78 is 0. The summed E-state index contributed by atoms with van der Waals surface area (Å²) in [6, 6.07) is 0. The van der Waals surface area contributed by atoms with Gasteiger partial charge in [0.2, 0.25) is 0 Å². The molecule has 0 amide bonds. The third-order valence-corrected chi connectivity index (χ3v) is 4.83. The van der Waals surface area contributed by atoms with Crippen LogP contribution in [-0.2, 0) is 0 Å². The highest BCUT2D eigenvalue weighted by Crippen LogP contribution is 2.45. The number of rotatable bonds is 1. The standard InChI is InChI=1S/C14H27N/c1-12(2)13-5-3-4-6-14(11-13)7-9-15-10-8-14/h12-13,15H,3-11H2,1-2H3. The van der Waals surface area contributed by atoms with E-state index in [2.05, 4.69) is 19.2 Å². The van der Waals surface area contributed by atoms with Gasteiger partial charge in [0, 0.05) is 0 Å². The Morgan fingerprint density at radius 1 is 1.07 bits per heavy atom. The van der Waals surface area contributed by atoms with Gasteiger partial charge in [0.05, 0.1) is 0 Å². The van der Waals surface area contributed by atoms with E-state index in [0.29, 0.717) is 0 Å². The van der Waals surface area contributed by atoms with Crippen LogP contribution in [0.5, 0.6) is 0 Å². The van der Waals surface area contributed by atoms with Crippen molar-refractivity contribution in [2.75, 3.05) is 13.1 Å². The van der Waals surface area contributed by atoms with Crippen molar-refractivity contribution in [2.45, 2.75) is 58.8 Å². The summed E-state index contributed by atoms with van der Waals surface area (Å²) in [6.07, 6.45) is 10.4. The van der Waals surface area contributed by atoms with Gasteiger partial charge in [0.15, 0.2) is 0 Å². The molecule has 2 fully saturated rings. The molecule has 1 saturated carbocycles. The molecule has 15 heavy (non-hydrogen) atoms. The molecule has 1 unspecified atom stereocenters. The van der Waals surface area contributed by atoms with Crippen molar-refractivity contribution < 1.29 is 0 Å². The van der Waals surface area contributed by atoms with Gasteiger partial charge in [-0.2, -0.15) is 0 Å². The van der Waals surface area contributed by atoms with Crippen molar-refractivity contribution in [3.05, 3.63) is 0 Å². The van der Waals surface area contributed by atoms with Crippen LogP contribution in [0, 0.1) is 17.3 Å². The fraction of sp³-hybridized carbons (Fsp3) is 1.00. The molecule has 0 bridgehead atoms. The molecule has 1 atom stereocenters. The molecule has 0 radical (unpaired) electrons. The van der Waals surface area contributed by atoms with E-state index in [0.717, 1.165) is 17.3 Å². The Morgan fingerprint density at radius 2 is 1.80 bits per heavy atom. The Hall–Kier alpha value is -0.0400. The Balaban J connectivity index is 2.02. The largest absolute Gasteiger partial charge is 0.317 e. The second kappa shape index (κ2) is 4.86. The van der Waals surface area contributed by atoms with Gasteiger partial charge in [-0.15, -0.1) is 0 Å².